The minimum Gasteiger partial charge on any atom is -0.384 e. The normalized spacial score (nSPS) is 12.3. The minimum absolute atomic E-state index is 0.455. The van der Waals surface area contributed by atoms with Crippen LogP contribution in [0.15, 0.2) is 54.7 Å². The van der Waals surface area contributed by atoms with Gasteiger partial charge in [0.1, 0.15) is 0 Å². The van der Waals surface area contributed by atoms with Crippen LogP contribution in [-0.4, -0.2) is 65.4 Å². The van der Waals surface area contributed by atoms with Crippen LogP contribution >= 0.6 is 27.2 Å². The van der Waals surface area contributed by atoms with Gasteiger partial charge in [0, 0.05) is 34.8 Å². The van der Waals surface area contributed by atoms with Crippen molar-refractivity contribution >= 4 is 43.8 Å². The summed E-state index contributed by atoms with van der Waals surface area (Å²) in [7, 11) is -9.28. The third-order valence-corrected chi connectivity index (χ3v) is 5.74. The summed E-state index contributed by atoms with van der Waals surface area (Å²) < 4.78 is 17.8. The minimum atomic E-state index is -4.64. The van der Waals surface area contributed by atoms with Gasteiger partial charge in [-0.05, 0) is 62.3 Å². The van der Waals surface area contributed by atoms with Crippen LogP contribution in [0.3, 0.4) is 0 Å². The van der Waals surface area contributed by atoms with Gasteiger partial charge >= 0.3 is 15.6 Å². The van der Waals surface area contributed by atoms with Crippen LogP contribution < -0.4 is 5.32 Å². The third-order valence-electron chi connectivity index (χ3n) is 5.51. The number of nitrogens with one attached hydrogen (secondary N) is 1. The van der Waals surface area contributed by atoms with E-state index in [1.807, 2.05) is 18.3 Å². The lowest BCUT2D eigenvalue weighted by molar-refractivity contribution is 0.272. The van der Waals surface area contributed by atoms with Gasteiger partial charge in [0.15, 0.2) is 0 Å². The highest BCUT2D eigenvalue weighted by molar-refractivity contribution is 7.45. The summed E-state index contributed by atoms with van der Waals surface area (Å²) in [5.74, 6) is 0.455. The molecule has 1 unspecified atom stereocenters. The van der Waals surface area contributed by atoms with E-state index in [0.29, 0.717) is 5.92 Å². The van der Waals surface area contributed by atoms with Crippen LogP contribution in [-0.2, 0) is 9.13 Å². The molecule has 1 heterocycles. The van der Waals surface area contributed by atoms with E-state index in [9.17, 15) is 0 Å². The Bertz CT molecular complexity index is 1180. The fraction of sp³-hybridized carbons (Fsp3) is 0.375. The summed E-state index contributed by atoms with van der Waals surface area (Å²) in [5.41, 5.74) is 4.64. The van der Waals surface area contributed by atoms with Gasteiger partial charge in [-0.15, -0.1) is 0 Å². The third kappa shape index (κ3) is 14.9. The quantitative estimate of drug-likeness (QED) is 0.176. The molecule has 7 N–H and O–H groups in total. The lowest BCUT2D eigenvalue weighted by Crippen LogP contribution is -2.27. The summed E-state index contributed by atoms with van der Waals surface area (Å²) >= 11 is 6.15. The van der Waals surface area contributed by atoms with E-state index in [0.717, 1.165) is 59.8 Å². The molecule has 212 valence electrons. The number of benzene rings is 2. The number of rotatable bonds is 9. The highest BCUT2D eigenvalue weighted by atomic mass is 35.5. The first-order valence-electron chi connectivity index (χ1n) is 11.7. The molecule has 0 saturated carbocycles. The molecular weight excluding hydrogens is 556 g/mol. The molecule has 3 aromatic rings. The predicted molar refractivity (Wildman–Crippen MR) is 150 cm³/mol. The predicted octanol–water partition coefficient (Wildman–Crippen LogP) is 4.27. The average molecular weight is 592 g/mol. The Balaban J connectivity index is 0.000000616. The molecule has 3 rings (SSSR count). The average Bonchev–Trinajstić information content (AvgIpc) is 2.81. The maximum Gasteiger partial charge on any atom is 0.466 e. The number of pyridine rings is 1. The van der Waals surface area contributed by atoms with E-state index in [1.54, 1.807) is 0 Å². The van der Waals surface area contributed by atoms with Crippen molar-refractivity contribution in [2.45, 2.75) is 33.1 Å². The standard InChI is InChI=1S/C24H30ClN3.2H3O4P/c1-4-28(5-2)14-13-20(19-9-7-6-8-10-19)17-27-24-18(3)16-26-23-15-21(25)11-12-22(23)24;2*1-5(2,3)4/h6-12,15-16,20H,4-5,13-14,17H2,1-3H3,(H,26,27);2*(H3,1,2,3,4). The Hall–Kier alpha value is -1.88. The number of aromatic nitrogens is 1. The summed E-state index contributed by atoms with van der Waals surface area (Å²) in [6, 6.07) is 16.8. The van der Waals surface area contributed by atoms with Gasteiger partial charge in [0.25, 0.3) is 0 Å². The van der Waals surface area contributed by atoms with Crippen molar-refractivity contribution < 1.29 is 38.5 Å². The van der Waals surface area contributed by atoms with Gasteiger partial charge in [0.05, 0.1) is 5.52 Å². The molecule has 0 aliphatic heterocycles. The molecule has 38 heavy (non-hydrogen) atoms. The molecule has 0 aliphatic carbocycles. The topological polar surface area (TPSA) is 184 Å². The lowest BCUT2D eigenvalue weighted by atomic mass is 9.95. The zero-order valence-corrected chi connectivity index (χ0v) is 24.0. The Morgan fingerprint density at radius 2 is 1.50 bits per heavy atom. The van der Waals surface area contributed by atoms with Crippen molar-refractivity contribution in [1.82, 2.24) is 9.88 Å². The SMILES string of the molecule is CCN(CC)CCC(CNc1c(C)cnc2cc(Cl)ccc12)c1ccccc1.O=P(O)(O)O.O=P(O)(O)O. The molecule has 2 aromatic carbocycles. The van der Waals surface area contributed by atoms with Gasteiger partial charge < -0.3 is 39.6 Å². The van der Waals surface area contributed by atoms with Gasteiger partial charge in [-0.2, -0.15) is 0 Å². The number of nitrogens with zero attached hydrogens (tertiary/aromatic N) is 2. The highest BCUT2D eigenvalue weighted by Gasteiger charge is 2.15. The highest BCUT2D eigenvalue weighted by Crippen LogP contribution is 2.29. The van der Waals surface area contributed by atoms with Gasteiger partial charge in [-0.3, -0.25) is 4.98 Å². The second kappa shape index (κ2) is 16.3. The summed E-state index contributed by atoms with van der Waals surface area (Å²) in [6.07, 6.45) is 3.06. The molecule has 0 aliphatic rings. The van der Waals surface area contributed by atoms with E-state index in [2.05, 4.69) is 72.4 Å². The molecule has 0 saturated heterocycles. The fourth-order valence-corrected chi connectivity index (χ4v) is 3.88. The summed E-state index contributed by atoms with van der Waals surface area (Å²) in [4.78, 5) is 50.2. The van der Waals surface area contributed by atoms with Crippen molar-refractivity contribution in [2.24, 2.45) is 0 Å². The molecule has 0 spiro atoms. The van der Waals surface area contributed by atoms with Crippen LogP contribution in [0.5, 0.6) is 0 Å². The lowest BCUT2D eigenvalue weighted by Gasteiger charge is -2.24. The number of fused-ring (bicyclic) bond motifs is 1. The first-order chi connectivity index (χ1) is 17.6. The summed E-state index contributed by atoms with van der Waals surface area (Å²) in [6.45, 7) is 10.8. The fourth-order valence-electron chi connectivity index (χ4n) is 3.72. The Morgan fingerprint density at radius 1 is 0.947 bits per heavy atom. The molecule has 14 heteroatoms. The molecule has 1 atom stereocenters. The van der Waals surface area contributed by atoms with Gasteiger partial charge in [-0.25, -0.2) is 9.13 Å². The molecule has 1 aromatic heterocycles. The Labute approximate surface area is 227 Å². The maximum atomic E-state index is 8.88. The van der Waals surface area contributed by atoms with Crippen LogP contribution in [0.1, 0.15) is 37.3 Å². The monoisotopic (exact) mass is 591 g/mol. The van der Waals surface area contributed by atoms with Crippen molar-refractivity contribution in [3.63, 3.8) is 0 Å². The first kappa shape index (κ1) is 34.1. The van der Waals surface area contributed by atoms with Crippen LogP contribution in [0, 0.1) is 6.92 Å². The van der Waals surface area contributed by atoms with Crippen LogP contribution in [0.2, 0.25) is 5.02 Å². The zero-order chi connectivity index (χ0) is 28.9. The van der Waals surface area contributed by atoms with Gasteiger partial charge in [0.2, 0.25) is 0 Å². The van der Waals surface area contributed by atoms with E-state index >= 15 is 0 Å². The molecule has 0 radical (unpaired) electrons. The van der Waals surface area contributed by atoms with E-state index in [4.69, 9.17) is 50.1 Å². The number of halogens is 1. The van der Waals surface area contributed by atoms with E-state index < -0.39 is 15.6 Å². The van der Waals surface area contributed by atoms with E-state index in [-0.39, 0.29) is 0 Å². The Kier molecular flexibility index (Phi) is 14.6. The summed E-state index contributed by atoms with van der Waals surface area (Å²) in [5, 5.41) is 5.58. The van der Waals surface area contributed by atoms with Crippen LogP contribution in [0.25, 0.3) is 10.9 Å². The second-order valence-corrected chi connectivity index (χ2v) is 10.8. The molecule has 0 amide bonds. The number of phosphoric acid groups is 2. The van der Waals surface area contributed by atoms with Gasteiger partial charge in [-0.1, -0.05) is 55.8 Å². The molecule has 0 fully saturated rings. The smallest absolute Gasteiger partial charge is 0.384 e. The number of anilines is 1. The molecule has 11 nitrogen and oxygen atoms in total. The van der Waals surface area contributed by atoms with Crippen molar-refractivity contribution in [3.05, 3.63) is 70.9 Å². The molecular formula is C24H36ClN3O8P2. The second-order valence-electron chi connectivity index (χ2n) is 8.31. The maximum absolute atomic E-state index is 8.88. The Morgan fingerprint density at radius 3 is 2.03 bits per heavy atom. The number of hydrogen-bond donors (Lipinski definition) is 7. The zero-order valence-electron chi connectivity index (χ0n) is 21.5. The largest absolute Gasteiger partial charge is 0.466 e. The van der Waals surface area contributed by atoms with Crippen molar-refractivity contribution in [2.75, 3.05) is 31.5 Å². The van der Waals surface area contributed by atoms with Crippen molar-refractivity contribution in [3.8, 4) is 0 Å². The first-order valence-corrected chi connectivity index (χ1v) is 15.3. The molecule has 0 bridgehead atoms. The van der Waals surface area contributed by atoms with Crippen LogP contribution in [0.4, 0.5) is 5.69 Å². The van der Waals surface area contributed by atoms with Crippen molar-refractivity contribution in [1.29, 1.82) is 0 Å². The number of hydrogen-bond acceptors (Lipinski definition) is 5. The van der Waals surface area contributed by atoms with E-state index in [1.165, 1.54) is 5.56 Å². The number of aryl methyl sites for hydroxylation is 1.